The number of amides is 3. The lowest BCUT2D eigenvalue weighted by Crippen LogP contribution is -2.19. The van der Waals surface area contributed by atoms with Gasteiger partial charge in [-0.25, -0.2) is 4.79 Å². The molecule has 0 aliphatic carbocycles. The molecule has 0 spiro atoms. The third kappa shape index (κ3) is 4.49. The predicted molar refractivity (Wildman–Crippen MR) is 89.6 cm³/mol. The maximum atomic E-state index is 11.9. The van der Waals surface area contributed by atoms with E-state index in [1.54, 1.807) is 36.4 Å². The molecule has 0 aliphatic rings. The minimum atomic E-state index is -0.375. The Morgan fingerprint density at radius 2 is 1.50 bits per heavy atom. The molecule has 0 atom stereocenters. The fourth-order valence-corrected chi connectivity index (χ4v) is 1.98. The number of benzene rings is 2. The van der Waals surface area contributed by atoms with Crippen molar-refractivity contribution in [2.45, 2.75) is 13.8 Å². The summed E-state index contributed by atoms with van der Waals surface area (Å²) in [6.45, 7) is 3.32. The molecule has 2 aromatic carbocycles. The van der Waals surface area contributed by atoms with Gasteiger partial charge in [0.1, 0.15) is 0 Å². The van der Waals surface area contributed by atoms with Crippen LogP contribution in [-0.2, 0) is 4.79 Å². The summed E-state index contributed by atoms with van der Waals surface area (Å²) in [4.78, 5) is 23.1. The van der Waals surface area contributed by atoms with Gasteiger partial charge in [-0.2, -0.15) is 0 Å². The Hall–Kier alpha value is -2.53. The molecule has 0 saturated heterocycles. The van der Waals surface area contributed by atoms with Gasteiger partial charge in [0.05, 0.1) is 0 Å². The summed E-state index contributed by atoms with van der Waals surface area (Å²) in [7, 11) is 0. The van der Waals surface area contributed by atoms with E-state index in [1.165, 1.54) is 6.92 Å². The van der Waals surface area contributed by atoms with Gasteiger partial charge in [0.15, 0.2) is 0 Å². The van der Waals surface area contributed by atoms with Gasteiger partial charge in [0, 0.05) is 29.0 Å². The zero-order valence-corrected chi connectivity index (χ0v) is 13.0. The normalized spacial score (nSPS) is 9.95. The minimum Gasteiger partial charge on any atom is -0.326 e. The maximum Gasteiger partial charge on any atom is 0.323 e. The summed E-state index contributed by atoms with van der Waals surface area (Å²) in [5.74, 6) is -0.161. The van der Waals surface area contributed by atoms with Crippen molar-refractivity contribution in [3.63, 3.8) is 0 Å². The van der Waals surface area contributed by atoms with E-state index in [0.717, 1.165) is 5.56 Å². The van der Waals surface area contributed by atoms with Gasteiger partial charge in [-0.05, 0) is 48.9 Å². The van der Waals surface area contributed by atoms with Crippen molar-refractivity contribution in [2.75, 3.05) is 16.0 Å². The number of rotatable bonds is 3. The van der Waals surface area contributed by atoms with Crippen LogP contribution in [0.5, 0.6) is 0 Å². The molecule has 22 heavy (non-hydrogen) atoms. The Kier molecular flexibility index (Phi) is 5.01. The van der Waals surface area contributed by atoms with Gasteiger partial charge >= 0.3 is 6.03 Å². The Balaban J connectivity index is 2.05. The molecule has 5 nitrogen and oxygen atoms in total. The minimum absolute atomic E-state index is 0.161. The summed E-state index contributed by atoms with van der Waals surface area (Å²) in [6, 6.07) is 11.7. The van der Waals surface area contributed by atoms with Crippen LogP contribution in [0.3, 0.4) is 0 Å². The molecular weight excluding hydrogens is 302 g/mol. The Labute approximate surface area is 133 Å². The Bertz CT molecular complexity index is 699. The molecule has 3 N–H and O–H groups in total. The molecule has 0 fully saturated rings. The van der Waals surface area contributed by atoms with E-state index >= 15 is 0 Å². The number of carbonyl (C=O) groups excluding carboxylic acids is 2. The first-order valence-corrected chi connectivity index (χ1v) is 7.03. The van der Waals surface area contributed by atoms with E-state index < -0.39 is 0 Å². The number of urea groups is 1. The highest BCUT2D eigenvalue weighted by atomic mass is 35.5. The number of carbonyl (C=O) groups is 2. The number of anilines is 3. The lowest BCUT2D eigenvalue weighted by molar-refractivity contribution is -0.114. The van der Waals surface area contributed by atoms with Crippen LogP contribution in [-0.4, -0.2) is 11.9 Å². The SMILES string of the molecule is CC(=O)Nc1cc(NC(=O)Nc2ccc(Cl)cc2)ccc1C. The second kappa shape index (κ2) is 6.95. The van der Waals surface area contributed by atoms with Crippen LogP contribution in [0.4, 0.5) is 21.9 Å². The largest absolute Gasteiger partial charge is 0.326 e. The van der Waals surface area contributed by atoms with Crippen molar-refractivity contribution in [2.24, 2.45) is 0 Å². The molecule has 0 aliphatic heterocycles. The maximum absolute atomic E-state index is 11.9. The van der Waals surface area contributed by atoms with E-state index in [4.69, 9.17) is 11.6 Å². The molecule has 0 unspecified atom stereocenters. The number of halogens is 1. The number of nitrogens with one attached hydrogen (secondary N) is 3. The highest BCUT2D eigenvalue weighted by molar-refractivity contribution is 6.30. The van der Waals surface area contributed by atoms with Crippen molar-refractivity contribution >= 4 is 40.6 Å². The van der Waals surface area contributed by atoms with Gasteiger partial charge < -0.3 is 16.0 Å². The number of aryl methyl sites for hydroxylation is 1. The summed E-state index contributed by atoms with van der Waals surface area (Å²) in [5.41, 5.74) is 2.80. The molecule has 2 aromatic rings. The molecule has 2 rings (SSSR count). The molecule has 0 radical (unpaired) electrons. The van der Waals surface area contributed by atoms with E-state index in [2.05, 4.69) is 16.0 Å². The topological polar surface area (TPSA) is 70.2 Å². The fraction of sp³-hybridized carbons (Fsp3) is 0.125. The smallest absolute Gasteiger partial charge is 0.323 e. The second-order valence-corrected chi connectivity index (χ2v) is 5.23. The fourth-order valence-electron chi connectivity index (χ4n) is 1.85. The van der Waals surface area contributed by atoms with E-state index in [-0.39, 0.29) is 11.9 Å². The lowest BCUT2D eigenvalue weighted by Gasteiger charge is -2.11. The summed E-state index contributed by atoms with van der Waals surface area (Å²) < 4.78 is 0. The van der Waals surface area contributed by atoms with E-state index in [0.29, 0.717) is 22.1 Å². The summed E-state index contributed by atoms with van der Waals surface area (Å²) in [5, 5.41) is 8.73. The summed E-state index contributed by atoms with van der Waals surface area (Å²) in [6.07, 6.45) is 0. The van der Waals surface area contributed by atoms with E-state index in [1.807, 2.05) is 13.0 Å². The number of hydrogen-bond donors (Lipinski definition) is 3. The van der Waals surface area contributed by atoms with Gasteiger partial charge in [-0.15, -0.1) is 0 Å². The third-order valence-corrected chi connectivity index (χ3v) is 3.16. The van der Waals surface area contributed by atoms with Crippen LogP contribution in [0.25, 0.3) is 0 Å². The van der Waals surface area contributed by atoms with Gasteiger partial charge in [0.25, 0.3) is 0 Å². The van der Waals surface area contributed by atoms with Crippen molar-refractivity contribution in [3.8, 4) is 0 Å². The standard InChI is InChI=1S/C16H16ClN3O2/c1-10-3-6-14(9-15(10)18-11(2)21)20-16(22)19-13-7-4-12(17)5-8-13/h3-9H,1-2H3,(H,18,21)(H2,19,20,22). The first-order chi connectivity index (χ1) is 10.4. The molecule has 114 valence electrons. The molecule has 0 bridgehead atoms. The van der Waals surface area contributed by atoms with Crippen LogP contribution in [0, 0.1) is 6.92 Å². The average Bonchev–Trinajstić information content (AvgIpc) is 2.44. The van der Waals surface area contributed by atoms with Gasteiger partial charge in [-0.3, -0.25) is 4.79 Å². The first-order valence-electron chi connectivity index (χ1n) is 6.66. The quantitative estimate of drug-likeness (QED) is 0.792. The molecule has 3 amide bonds. The highest BCUT2D eigenvalue weighted by Crippen LogP contribution is 2.20. The van der Waals surface area contributed by atoms with Crippen LogP contribution in [0.2, 0.25) is 5.02 Å². The first kappa shape index (κ1) is 15.9. The van der Waals surface area contributed by atoms with Gasteiger partial charge in [0.2, 0.25) is 5.91 Å². The zero-order chi connectivity index (χ0) is 16.1. The predicted octanol–water partition coefficient (Wildman–Crippen LogP) is 4.25. The second-order valence-electron chi connectivity index (χ2n) is 4.80. The van der Waals surface area contributed by atoms with Crippen molar-refractivity contribution in [1.29, 1.82) is 0 Å². The van der Waals surface area contributed by atoms with Crippen LogP contribution in [0.15, 0.2) is 42.5 Å². The Morgan fingerprint density at radius 1 is 0.909 bits per heavy atom. The van der Waals surface area contributed by atoms with Crippen molar-refractivity contribution in [1.82, 2.24) is 0 Å². The highest BCUT2D eigenvalue weighted by Gasteiger charge is 2.06. The molecule has 6 heteroatoms. The molecule has 0 saturated carbocycles. The molecule has 0 heterocycles. The van der Waals surface area contributed by atoms with Crippen molar-refractivity contribution < 1.29 is 9.59 Å². The van der Waals surface area contributed by atoms with Crippen LogP contribution >= 0.6 is 11.6 Å². The monoisotopic (exact) mass is 317 g/mol. The molecule has 0 aromatic heterocycles. The van der Waals surface area contributed by atoms with Crippen molar-refractivity contribution in [3.05, 3.63) is 53.1 Å². The summed E-state index contributed by atoms with van der Waals surface area (Å²) >= 11 is 5.79. The van der Waals surface area contributed by atoms with Crippen LogP contribution in [0.1, 0.15) is 12.5 Å². The van der Waals surface area contributed by atoms with Crippen LogP contribution < -0.4 is 16.0 Å². The third-order valence-electron chi connectivity index (χ3n) is 2.91. The lowest BCUT2D eigenvalue weighted by atomic mass is 10.2. The Morgan fingerprint density at radius 3 is 2.14 bits per heavy atom. The zero-order valence-electron chi connectivity index (χ0n) is 12.2. The average molecular weight is 318 g/mol. The van der Waals surface area contributed by atoms with E-state index in [9.17, 15) is 9.59 Å². The number of hydrogen-bond acceptors (Lipinski definition) is 2. The molecular formula is C16H16ClN3O2. The van der Waals surface area contributed by atoms with Gasteiger partial charge in [-0.1, -0.05) is 17.7 Å².